The number of H-pyrrole nitrogens is 1. The van der Waals surface area contributed by atoms with E-state index in [-0.39, 0.29) is 73.9 Å². The van der Waals surface area contributed by atoms with E-state index in [1.807, 2.05) is 67.6 Å². The van der Waals surface area contributed by atoms with Crippen LogP contribution in [0.2, 0.25) is 5.02 Å². The summed E-state index contributed by atoms with van der Waals surface area (Å²) in [4.78, 5) is 171. The molecule has 40 heteroatoms. The van der Waals surface area contributed by atoms with Crippen LogP contribution in [-0.2, 0) is 92.6 Å². The molecule has 4 fully saturated rings. The van der Waals surface area contributed by atoms with Crippen LogP contribution < -0.4 is 63.2 Å². The number of nitrogens with one attached hydrogen (secondary N) is 10. The van der Waals surface area contributed by atoms with Gasteiger partial charge in [-0.25, -0.2) is 9.59 Å². The first kappa shape index (κ1) is 106. The van der Waals surface area contributed by atoms with Gasteiger partial charge in [0.1, 0.15) is 77.0 Å². The summed E-state index contributed by atoms with van der Waals surface area (Å²) in [6.07, 6.45) is 1.01. The Balaban J connectivity index is 0.757. The lowest BCUT2D eigenvalue weighted by atomic mass is 9.83. The molecule has 4 saturated heterocycles. The van der Waals surface area contributed by atoms with Gasteiger partial charge in [-0.2, -0.15) is 0 Å². The van der Waals surface area contributed by atoms with E-state index >= 15 is 19.2 Å². The molecule has 10 amide bonds. The van der Waals surface area contributed by atoms with Crippen molar-refractivity contribution in [3.05, 3.63) is 154 Å². The number of hydrogen-bond acceptors (Lipinski definition) is 28. The van der Waals surface area contributed by atoms with Gasteiger partial charge in [0.15, 0.2) is 5.72 Å². The first-order valence-electron chi connectivity index (χ1n) is 45.1. The minimum Gasteiger partial charge on any atom is -0.495 e. The molecule has 0 saturated carbocycles. The second kappa shape index (κ2) is 51.2. The predicted octanol–water partition coefficient (Wildman–Crippen LogP) is 4.13. The van der Waals surface area contributed by atoms with E-state index in [1.165, 1.54) is 44.9 Å². The largest absolute Gasteiger partial charge is 0.495 e. The number of carbonyl (C=O) groups is 11. The summed E-state index contributed by atoms with van der Waals surface area (Å²) < 4.78 is 29.8. The van der Waals surface area contributed by atoms with E-state index in [2.05, 4.69) is 62.6 Å². The average molecular weight is 1940 g/mol. The zero-order valence-corrected chi connectivity index (χ0v) is 81.0. The quantitative estimate of drug-likeness (QED) is 0.0119. The number of carbonyl (C=O) groups excluding carboxylic acids is 11. The van der Waals surface area contributed by atoms with Gasteiger partial charge in [0.25, 0.3) is 0 Å². The molecule has 6 heterocycles. The van der Waals surface area contributed by atoms with E-state index < -0.39 is 174 Å². The van der Waals surface area contributed by atoms with Gasteiger partial charge in [0.05, 0.1) is 56.2 Å². The molecule has 18 atom stereocenters. The number of rotatable bonds is 34. The van der Waals surface area contributed by atoms with Gasteiger partial charge in [-0.1, -0.05) is 164 Å². The van der Waals surface area contributed by atoms with Crippen molar-refractivity contribution in [3.63, 3.8) is 0 Å². The first-order valence-corrected chi connectivity index (χ1v) is 50.4. The summed E-state index contributed by atoms with van der Waals surface area (Å²) in [5.41, 5.74) is 7.52. The molecule has 0 radical (unpaired) electrons. The van der Waals surface area contributed by atoms with E-state index in [1.54, 1.807) is 110 Å². The van der Waals surface area contributed by atoms with Gasteiger partial charge in [-0.3, -0.25) is 53.4 Å². The standard InChI is InChI=1S/C93H130ClN15O20S4/c1-55-23-21-31-76(126-10)93(124)50-75(127-91(123)105-93)56(2)82-92(6,129-82)77(49-79(114)107(8)73-46-62(43-55)47-74(125-9)80(73)94)128-90(122)57(3)106(7)78(113)32-42-131-130-41-22-35-108-37-39-109(40-38-108)36-34-96-67(44-60-24-13-11-14-25-60)84(116)102-71-53-132-133-54-72(88(120)101-70(52-110)58(4)111)103-89(121)81(59(5)112)104-83(115)66(30-19-20-33-95)98-86(118)69(48-63-51-97-65-29-18-17-28-64(63)65)100-85(117)68(99-87(71)119)45-61-26-15-12-16-27-61/h11-18,21,23-29,31,46-47,51,56-59,66-72,75-77,81-82,96-97,110-112,124H,19-20,22,30,32-45,48-50,52-54,95H2,1-10H3,(H,98,118)(H,99,119)(H,100,117)(H,101,120)(H,102,116)(H,103,121)(H,104,115)(H,105,123)/b31-21+,55-23+/t56-,57+,58-,59-,66+,67-,68+,69-,70-,71+,72+,75+,76-,77+,81+,82+,92+,93+/m1/s1. The van der Waals surface area contributed by atoms with Crippen LogP contribution in [0, 0.1) is 5.92 Å². The zero-order chi connectivity index (χ0) is 96.2. The lowest BCUT2D eigenvalue weighted by molar-refractivity contribution is -0.162. The van der Waals surface area contributed by atoms with Crippen LogP contribution in [0.1, 0.15) is 109 Å². The van der Waals surface area contributed by atoms with Gasteiger partial charge in [0, 0.05) is 132 Å². The number of halogens is 1. The molecule has 728 valence electrons. The van der Waals surface area contributed by atoms with Crippen molar-refractivity contribution in [2.75, 3.05) is 115 Å². The second-order valence-corrected chi connectivity index (χ2v) is 40.3. The molecule has 5 aliphatic rings. The highest BCUT2D eigenvalue weighted by atomic mass is 35.5. The smallest absolute Gasteiger partial charge is 0.409 e. The monoisotopic (exact) mass is 1940 g/mol. The Labute approximate surface area is 797 Å². The number of likely N-dealkylation sites (N-methyl/N-ethyl adjacent to an activating group) is 1. The maximum atomic E-state index is 15.4. The molecule has 0 unspecified atom stereocenters. The average Bonchev–Trinajstić information content (AvgIpc) is 1.57. The molecule has 4 bridgehead atoms. The fraction of sp³-hybridized carbons (Fsp3) is 0.559. The fourth-order valence-corrected chi connectivity index (χ4v) is 21.2. The number of piperazine rings is 1. The summed E-state index contributed by atoms with van der Waals surface area (Å²) in [6.45, 7) is 13.9. The predicted molar refractivity (Wildman–Crippen MR) is 514 cm³/mol. The number of nitrogens with two attached hydrogens (primary N) is 1. The number of methoxy groups -OCH3 is 2. The van der Waals surface area contributed by atoms with Crippen molar-refractivity contribution in [2.45, 2.75) is 214 Å². The molecule has 1 aromatic heterocycles. The third-order valence-corrected chi connectivity index (χ3v) is 30.1. The number of epoxide rings is 1. The lowest BCUT2D eigenvalue weighted by Crippen LogP contribution is -2.63. The Morgan fingerprint density at radius 3 is 2.11 bits per heavy atom. The number of allylic oxidation sites excluding steroid dienone is 3. The second-order valence-electron chi connectivity index (χ2n) is 34.7. The Hall–Kier alpha value is -9.04. The SMILES string of the molecule is COc1cc2cc(c1Cl)N(C)C(=O)C[C@H](OC(=O)[C@H](C)N(C)C(=O)CCSSCCCN1CCN(CCN[C@H](Cc3ccccc3)C(=O)N[C@H]3CSSC[C@@H](C(=O)N[C@H](CO)[C@@H](C)O)NC(=O)[C@H]([C@@H](C)O)NC(=O)[C@H](CCCCN)NC(=O)[C@@H](Cc4c[nH]c5ccccc45)NC(=O)[C@H](Cc4ccccc4)NC3=O)CC1)[C@]1(C)O[C@H]1[C@H](C)[C@@H]1C[C@@](O)(NC(=O)O1)[C@H](OC)/C=C/C=C(\C)C2. The molecular weight excluding hydrogens is 1810 g/mol. The number of fused-ring (bicyclic) bond motifs is 6. The van der Waals surface area contributed by atoms with Crippen molar-refractivity contribution in [2.24, 2.45) is 11.7 Å². The van der Waals surface area contributed by atoms with Crippen LogP contribution in [0.4, 0.5) is 10.5 Å². The number of esters is 1. The molecule has 10 rings (SSSR count). The van der Waals surface area contributed by atoms with Crippen LogP contribution in [0.3, 0.4) is 0 Å². The van der Waals surface area contributed by atoms with Crippen LogP contribution >= 0.6 is 54.8 Å². The number of ether oxygens (including phenoxy) is 5. The Morgan fingerprint density at radius 2 is 1.44 bits per heavy atom. The fourth-order valence-electron chi connectivity index (χ4n) is 16.5. The molecule has 35 nitrogen and oxygen atoms in total. The van der Waals surface area contributed by atoms with Crippen LogP contribution in [0.5, 0.6) is 5.75 Å². The van der Waals surface area contributed by atoms with Crippen molar-refractivity contribution < 1.29 is 96.9 Å². The molecule has 5 aliphatic heterocycles. The third-order valence-electron chi connectivity index (χ3n) is 24.8. The minimum atomic E-state index is -1.90. The number of aromatic nitrogens is 1. The number of aromatic amines is 1. The van der Waals surface area contributed by atoms with Crippen LogP contribution in [0.25, 0.3) is 10.9 Å². The number of benzene rings is 4. The van der Waals surface area contributed by atoms with Crippen LogP contribution in [-0.4, -0.2) is 318 Å². The topological polar surface area (TPSA) is 481 Å². The number of para-hydroxylation sites is 1. The summed E-state index contributed by atoms with van der Waals surface area (Å²) in [5, 5.41) is 70.2. The molecule has 0 aliphatic carbocycles. The summed E-state index contributed by atoms with van der Waals surface area (Å²) >= 11 is 6.90. The third kappa shape index (κ3) is 30.2. The number of aliphatic hydroxyl groups excluding tert-OH is 3. The normalized spacial score (nSPS) is 26.6. The highest BCUT2D eigenvalue weighted by Gasteiger charge is 2.65. The van der Waals surface area contributed by atoms with Gasteiger partial charge < -0.3 is 112 Å². The van der Waals surface area contributed by atoms with E-state index in [0.29, 0.717) is 60.7 Å². The molecule has 4 aromatic carbocycles. The zero-order valence-electron chi connectivity index (χ0n) is 77.0. The Morgan fingerprint density at radius 1 is 0.789 bits per heavy atom. The highest BCUT2D eigenvalue weighted by molar-refractivity contribution is 8.77. The minimum absolute atomic E-state index is 0.00132. The number of anilines is 1. The van der Waals surface area contributed by atoms with E-state index in [0.717, 1.165) is 94.1 Å². The van der Waals surface area contributed by atoms with Crippen molar-refractivity contribution in [1.29, 1.82) is 0 Å². The maximum Gasteiger partial charge on any atom is 0.409 e. The number of nitrogens with zero attached hydrogens (tertiary/aromatic N) is 4. The molecular formula is C93H130ClN15O20S4. The van der Waals surface area contributed by atoms with Crippen molar-refractivity contribution in [1.82, 2.24) is 67.5 Å². The van der Waals surface area contributed by atoms with Crippen molar-refractivity contribution in [3.8, 4) is 5.75 Å². The lowest BCUT2D eigenvalue weighted by Gasteiger charge is -2.42. The number of alkyl carbamates (subject to hydrolysis) is 1. The van der Waals surface area contributed by atoms with Gasteiger partial charge in [0.2, 0.25) is 53.2 Å². The molecule has 133 heavy (non-hydrogen) atoms. The Kier molecular flexibility index (Phi) is 40.8. The molecule has 0 spiro atoms. The number of amides is 10. The summed E-state index contributed by atoms with van der Waals surface area (Å²) in [7, 11) is 11.3. The van der Waals surface area contributed by atoms with Gasteiger partial charge >= 0.3 is 12.1 Å². The number of aliphatic hydroxyl groups is 4. The van der Waals surface area contributed by atoms with E-state index in [4.69, 9.17) is 41.0 Å². The molecule has 16 N–H and O–H groups in total. The maximum absolute atomic E-state index is 15.4. The van der Waals surface area contributed by atoms with Crippen molar-refractivity contribution >= 4 is 137 Å². The first-order chi connectivity index (χ1) is 63.6. The summed E-state index contributed by atoms with van der Waals surface area (Å²) in [5.74, 6) is -6.65. The number of unbranched alkanes of at least 4 members (excludes halogenated alkanes) is 1. The van der Waals surface area contributed by atoms with E-state index in [9.17, 15) is 54.0 Å². The molecule has 5 aromatic rings. The highest BCUT2D eigenvalue weighted by Crippen LogP contribution is 2.50. The number of hydrogen-bond donors (Lipinski definition) is 15. The van der Waals surface area contributed by atoms with Crippen LogP contribution in [0.15, 0.2) is 127 Å². The summed E-state index contributed by atoms with van der Waals surface area (Å²) in [6, 6.07) is 17.2. The van der Waals surface area contributed by atoms with Gasteiger partial charge in [-0.15, -0.1) is 0 Å². The Bertz CT molecular complexity index is 4830. The van der Waals surface area contributed by atoms with Gasteiger partial charge in [-0.05, 0) is 127 Å².